The summed E-state index contributed by atoms with van der Waals surface area (Å²) in [4.78, 5) is 4.98. The van der Waals surface area contributed by atoms with Gasteiger partial charge in [-0.2, -0.15) is 0 Å². The topological polar surface area (TPSA) is 6.48 Å². The Labute approximate surface area is 452 Å². The lowest BCUT2D eigenvalue weighted by molar-refractivity contribution is 0.264. The molecule has 12 rings (SSSR count). The molecule has 1 unspecified atom stereocenters. The van der Waals surface area contributed by atoms with Crippen LogP contribution in [-0.2, 0) is 22.7 Å². The summed E-state index contributed by atoms with van der Waals surface area (Å²) in [5.41, 5.74) is 30.0. The molecule has 0 bridgehead atoms. The van der Waals surface area contributed by atoms with Crippen LogP contribution in [0.25, 0.3) is 45.6 Å². The minimum Gasteiger partial charge on any atom is -0.314 e. The summed E-state index contributed by atoms with van der Waals surface area (Å²) >= 11 is 0. The Balaban J connectivity index is 0.843. The Bertz CT molecular complexity index is 3840. The number of para-hydroxylation sites is 2. The summed E-state index contributed by atoms with van der Waals surface area (Å²) in [6.45, 7) is 32.0. The van der Waals surface area contributed by atoms with Gasteiger partial charge in [-0.05, 0) is 181 Å². The van der Waals surface area contributed by atoms with Crippen LogP contribution in [0.15, 0.2) is 201 Å². The van der Waals surface area contributed by atoms with Gasteiger partial charge in [-0.3, -0.25) is 0 Å². The van der Waals surface area contributed by atoms with E-state index in [1.54, 1.807) is 0 Å². The zero-order valence-corrected chi connectivity index (χ0v) is 46.2. The van der Waals surface area contributed by atoms with Crippen LogP contribution < -0.4 is 9.80 Å². The normalized spacial score (nSPS) is 17.7. The van der Waals surface area contributed by atoms with Crippen molar-refractivity contribution < 1.29 is 0 Å². The summed E-state index contributed by atoms with van der Waals surface area (Å²) in [5, 5.41) is 0. The first-order valence-corrected chi connectivity index (χ1v) is 27.4. The number of hydrogen-bond acceptors (Lipinski definition) is 2. The average Bonchev–Trinajstić information content (AvgIpc) is 4.02. The van der Waals surface area contributed by atoms with E-state index >= 15 is 0 Å². The van der Waals surface area contributed by atoms with Crippen LogP contribution in [0.1, 0.15) is 129 Å². The monoisotopic (exact) mass is 987 g/mol. The van der Waals surface area contributed by atoms with E-state index in [0.717, 1.165) is 35.4 Å². The molecule has 0 amide bonds. The van der Waals surface area contributed by atoms with Gasteiger partial charge in [0.1, 0.15) is 0 Å². The second-order valence-electron chi connectivity index (χ2n) is 23.7. The second-order valence-corrected chi connectivity index (χ2v) is 23.7. The SMILES string of the molecule is C=CC(=C)c1ccc(N(c2ccc3c(c2)C(C)(C)c2cc(C=Cc4ccc5c(c4)C(C)(C)C4(C)CC(N(c6ccc7c(c6)C(C)(C)c6ccccc6-7)c6ccccc6C)=CC=C54)ccc2-3)c2ccccc2C)cc1CC. The van der Waals surface area contributed by atoms with Crippen LogP contribution in [0.5, 0.6) is 0 Å². The first-order valence-electron chi connectivity index (χ1n) is 27.4. The van der Waals surface area contributed by atoms with Crippen LogP contribution >= 0.6 is 0 Å². The number of fused-ring (bicyclic) bond motifs is 9. The van der Waals surface area contributed by atoms with E-state index in [1.165, 1.54) is 112 Å². The molecule has 1 atom stereocenters. The largest absolute Gasteiger partial charge is 0.314 e. The van der Waals surface area contributed by atoms with Gasteiger partial charge in [-0.1, -0.05) is 208 Å². The molecule has 76 heavy (non-hydrogen) atoms. The molecule has 4 aliphatic carbocycles. The lowest BCUT2D eigenvalue weighted by atomic mass is 9.62. The number of allylic oxidation sites excluding steroid dienone is 6. The average molecular weight is 987 g/mol. The van der Waals surface area contributed by atoms with Gasteiger partial charge in [0.25, 0.3) is 0 Å². The fourth-order valence-corrected chi connectivity index (χ4v) is 13.7. The molecule has 0 aromatic heterocycles. The van der Waals surface area contributed by atoms with Crippen LogP contribution in [0.4, 0.5) is 28.4 Å². The van der Waals surface area contributed by atoms with Crippen LogP contribution in [-0.4, -0.2) is 0 Å². The Morgan fingerprint density at radius 1 is 0.500 bits per heavy atom. The van der Waals surface area contributed by atoms with Crippen molar-refractivity contribution in [1.82, 2.24) is 0 Å². The number of aryl methyl sites for hydroxylation is 3. The number of rotatable bonds is 11. The maximum atomic E-state index is 4.29. The smallest absolute Gasteiger partial charge is 0.0490 e. The lowest BCUT2D eigenvalue weighted by Gasteiger charge is -2.44. The van der Waals surface area contributed by atoms with Gasteiger partial charge in [-0.15, -0.1) is 0 Å². The fraction of sp³-hybridized carbons (Fsp3) is 0.216. The molecule has 0 radical (unpaired) electrons. The van der Waals surface area contributed by atoms with E-state index in [9.17, 15) is 0 Å². The molecule has 376 valence electrons. The minimum atomic E-state index is -0.205. The maximum Gasteiger partial charge on any atom is 0.0490 e. The van der Waals surface area contributed by atoms with Crippen molar-refractivity contribution >= 4 is 51.7 Å². The third-order valence-electron chi connectivity index (χ3n) is 18.5. The standard InChI is InChI=1S/C74H70N2/c1-13-47(3)57-37-31-53(43-52(57)14-2)75(69-25-19-15-21-48(69)4)54-32-39-61-59-35-29-50(41-65(59)72(8,9)67(61)44-54)27-28-51-30-36-62-64-40-34-56(46-74(64,12)73(10,11)68(62)42-51)76(70-26-20-16-22-49(70)5)55-33-38-60-58-23-17-18-24-63(58)71(6,7)66(60)45-55/h13,15-45H,1,3,14,46H2,2,4-12H3. The molecule has 0 fully saturated rings. The summed E-state index contributed by atoms with van der Waals surface area (Å²) in [6.07, 6.45) is 13.2. The number of hydrogen-bond donors (Lipinski definition) is 0. The van der Waals surface area contributed by atoms with Gasteiger partial charge in [-0.25, -0.2) is 0 Å². The van der Waals surface area contributed by atoms with Crippen LogP contribution in [0.3, 0.4) is 0 Å². The van der Waals surface area contributed by atoms with Gasteiger partial charge in [0.2, 0.25) is 0 Å². The van der Waals surface area contributed by atoms with E-state index in [2.05, 4.69) is 280 Å². The highest BCUT2D eigenvalue weighted by atomic mass is 15.2. The van der Waals surface area contributed by atoms with Crippen molar-refractivity contribution in [3.05, 3.63) is 268 Å². The van der Waals surface area contributed by atoms with Crippen molar-refractivity contribution in [3.63, 3.8) is 0 Å². The zero-order chi connectivity index (χ0) is 53.1. The Morgan fingerprint density at radius 3 is 1.61 bits per heavy atom. The van der Waals surface area contributed by atoms with Gasteiger partial charge in [0.05, 0.1) is 0 Å². The molecular weight excluding hydrogens is 917 g/mol. The molecule has 0 heterocycles. The molecule has 0 spiro atoms. The van der Waals surface area contributed by atoms with Crippen molar-refractivity contribution in [2.45, 2.75) is 98.3 Å². The zero-order valence-electron chi connectivity index (χ0n) is 46.2. The Kier molecular flexibility index (Phi) is 11.5. The third-order valence-corrected chi connectivity index (χ3v) is 18.5. The van der Waals surface area contributed by atoms with E-state index in [4.69, 9.17) is 0 Å². The van der Waals surface area contributed by atoms with Gasteiger partial charge in [0.15, 0.2) is 0 Å². The van der Waals surface area contributed by atoms with Crippen molar-refractivity contribution in [3.8, 4) is 22.3 Å². The van der Waals surface area contributed by atoms with Gasteiger partial charge in [0, 0.05) is 55.8 Å². The second kappa shape index (κ2) is 17.8. The van der Waals surface area contributed by atoms with E-state index < -0.39 is 0 Å². The first kappa shape index (κ1) is 49.0. The highest BCUT2D eigenvalue weighted by Gasteiger charge is 2.53. The molecule has 0 N–H and O–H groups in total. The predicted octanol–water partition coefficient (Wildman–Crippen LogP) is 20.1. The summed E-state index contributed by atoms with van der Waals surface area (Å²) in [6, 6.07) is 61.8. The molecule has 8 aromatic rings. The van der Waals surface area contributed by atoms with Crippen LogP contribution in [0, 0.1) is 19.3 Å². The quantitative estimate of drug-likeness (QED) is 0.0941. The number of benzene rings is 8. The van der Waals surface area contributed by atoms with Crippen molar-refractivity contribution in [2.75, 3.05) is 9.80 Å². The molecule has 4 aliphatic rings. The van der Waals surface area contributed by atoms with Crippen LogP contribution in [0.2, 0.25) is 0 Å². The first-order chi connectivity index (χ1) is 36.5. The minimum absolute atomic E-state index is 0.0873. The van der Waals surface area contributed by atoms with E-state index in [-0.39, 0.29) is 21.7 Å². The molecule has 8 aromatic carbocycles. The third kappa shape index (κ3) is 7.42. The maximum absolute atomic E-state index is 4.29. The summed E-state index contributed by atoms with van der Waals surface area (Å²) in [5.74, 6) is 0. The Morgan fingerprint density at radius 2 is 0.987 bits per heavy atom. The van der Waals surface area contributed by atoms with Crippen molar-refractivity contribution in [1.29, 1.82) is 0 Å². The number of nitrogens with zero attached hydrogens (tertiary/aromatic N) is 2. The molecule has 0 saturated heterocycles. The summed E-state index contributed by atoms with van der Waals surface area (Å²) in [7, 11) is 0. The van der Waals surface area contributed by atoms with E-state index in [0.29, 0.717) is 0 Å². The highest BCUT2D eigenvalue weighted by molar-refractivity contribution is 5.90. The highest BCUT2D eigenvalue weighted by Crippen LogP contribution is 2.63. The Hall–Kier alpha value is -7.94. The predicted molar refractivity (Wildman–Crippen MR) is 327 cm³/mol. The van der Waals surface area contributed by atoms with Crippen molar-refractivity contribution in [2.24, 2.45) is 5.41 Å². The molecule has 2 heteroatoms. The summed E-state index contributed by atoms with van der Waals surface area (Å²) < 4.78 is 0. The van der Waals surface area contributed by atoms with Gasteiger partial charge < -0.3 is 9.80 Å². The lowest BCUT2D eigenvalue weighted by Crippen LogP contribution is -2.38. The molecule has 2 nitrogen and oxygen atoms in total. The van der Waals surface area contributed by atoms with Gasteiger partial charge >= 0.3 is 0 Å². The molecule has 0 saturated carbocycles. The fourth-order valence-electron chi connectivity index (χ4n) is 13.7. The molecule has 0 aliphatic heterocycles. The van der Waals surface area contributed by atoms with E-state index in [1.807, 2.05) is 6.08 Å². The molecular formula is C74H70N2. The number of anilines is 5.